The fraction of sp³-hybridized carbons (Fsp3) is 0.368. The standard InChI is InChI=1S/C19H24O2/c1-2-3-4-8-14-19(20)16-10-9-13-18(15-16)21-17-11-6-5-7-12-17/h5-7,9-13,15,19-20H,2-4,8,14H2,1H3. The van der Waals surface area contributed by atoms with E-state index < -0.39 is 6.10 Å². The normalized spacial score (nSPS) is 12.1. The van der Waals surface area contributed by atoms with Crippen LogP contribution in [0.15, 0.2) is 54.6 Å². The van der Waals surface area contributed by atoms with E-state index in [0.29, 0.717) is 0 Å². The molecule has 1 unspecified atom stereocenters. The third-order valence-corrected chi connectivity index (χ3v) is 3.55. The molecule has 2 aromatic rings. The molecule has 2 rings (SSSR count). The predicted octanol–water partition coefficient (Wildman–Crippen LogP) is 5.48. The predicted molar refractivity (Wildman–Crippen MR) is 86.7 cm³/mol. The number of hydrogen-bond donors (Lipinski definition) is 1. The lowest BCUT2D eigenvalue weighted by molar-refractivity contribution is 0.163. The first-order chi connectivity index (χ1) is 10.3. The Morgan fingerprint density at radius 1 is 0.905 bits per heavy atom. The molecule has 0 aromatic heterocycles. The third-order valence-electron chi connectivity index (χ3n) is 3.55. The number of hydrogen-bond acceptors (Lipinski definition) is 2. The summed E-state index contributed by atoms with van der Waals surface area (Å²) >= 11 is 0. The monoisotopic (exact) mass is 284 g/mol. The maximum absolute atomic E-state index is 10.3. The Bertz CT molecular complexity index is 522. The fourth-order valence-electron chi connectivity index (χ4n) is 2.34. The number of aliphatic hydroxyl groups excluding tert-OH is 1. The lowest BCUT2D eigenvalue weighted by Gasteiger charge is -2.13. The molecule has 0 saturated carbocycles. The second kappa shape index (κ2) is 8.48. The van der Waals surface area contributed by atoms with Gasteiger partial charge in [-0.05, 0) is 36.2 Å². The van der Waals surface area contributed by atoms with Crippen LogP contribution in [0.4, 0.5) is 0 Å². The molecule has 2 nitrogen and oxygen atoms in total. The van der Waals surface area contributed by atoms with Crippen molar-refractivity contribution in [2.45, 2.75) is 45.1 Å². The van der Waals surface area contributed by atoms with Gasteiger partial charge in [0, 0.05) is 0 Å². The van der Waals surface area contributed by atoms with Crippen molar-refractivity contribution >= 4 is 0 Å². The van der Waals surface area contributed by atoms with E-state index in [1.54, 1.807) is 0 Å². The van der Waals surface area contributed by atoms with Gasteiger partial charge in [-0.25, -0.2) is 0 Å². The van der Waals surface area contributed by atoms with E-state index in [0.717, 1.165) is 29.9 Å². The highest BCUT2D eigenvalue weighted by atomic mass is 16.5. The van der Waals surface area contributed by atoms with Crippen LogP contribution in [-0.4, -0.2) is 5.11 Å². The van der Waals surface area contributed by atoms with E-state index in [4.69, 9.17) is 4.74 Å². The summed E-state index contributed by atoms with van der Waals surface area (Å²) in [6.45, 7) is 2.20. The van der Waals surface area contributed by atoms with Gasteiger partial charge in [0.25, 0.3) is 0 Å². The van der Waals surface area contributed by atoms with Gasteiger partial charge in [0.15, 0.2) is 0 Å². The molecule has 0 radical (unpaired) electrons. The minimum atomic E-state index is -0.402. The second-order valence-electron chi connectivity index (χ2n) is 5.35. The SMILES string of the molecule is CCCCCCC(O)c1cccc(Oc2ccccc2)c1. The topological polar surface area (TPSA) is 29.5 Å². The third kappa shape index (κ3) is 5.24. The zero-order valence-electron chi connectivity index (χ0n) is 12.7. The summed E-state index contributed by atoms with van der Waals surface area (Å²) in [5.41, 5.74) is 0.930. The summed E-state index contributed by atoms with van der Waals surface area (Å²) in [5, 5.41) is 10.3. The first-order valence-corrected chi connectivity index (χ1v) is 7.80. The molecule has 0 heterocycles. The molecule has 2 aromatic carbocycles. The van der Waals surface area contributed by atoms with Crippen molar-refractivity contribution in [3.63, 3.8) is 0 Å². The fourth-order valence-corrected chi connectivity index (χ4v) is 2.34. The zero-order chi connectivity index (χ0) is 14.9. The molecular weight excluding hydrogens is 260 g/mol. The molecular formula is C19H24O2. The molecule has 0 spiro atoms. The quantitative estimate of drug-likeness (QED) is 0.650. The highest BCUT2D eigenvalue weighted by molar-refractivity contribution is 5.34. The number of aliphatic hydroxyl groups is 1. The van der Waals surface area contributed by atoms with Crippen LogP contribution in [-0.2, 0) is 0 Å². The molecule has 0 bridgehead atoms. The summed E-state index contributed by atoms with van der Waals surface area (Å²) in [5.74, 6) is 1.58. The van der Waals surface area contributed by atoms with Gasteiger partial charge in [0.1, 0.15) is 11.5 Å². The molecule has 21 heavy (non-hydrogen) atoms. The largest absolute Gasteiger partial charge is 0.457 e. The van der Waals surface area contributed by atoms with Crippen molar-refractivity contribution in [3.05, 3.63) is 60.2 Å². The average molecular weight is 284 g/mol. The maximum Gasteiger partial charge on any atom is 0.127 e. The van der Waals surface area contributed by atoms with Gasteiger partial charge in [-0.3, -0.25) is 0 Å². The van der Waals surface area contributed by atoms with Crippen molar-refractivity contribution in [2.24, 2.45) is 0 Å². The number of benzene rings is 2. The van der Waals surface area contributed by atoms with Crippen LogP contribution in [0.25, 0.3) is 0 Å². The molecule has 112 valence electrons. The summed E-state index contributed by atoms with van der Waals surface area (Å²) in [4.78, 5) is 0. The minimum Gasteiger partial charge on any atom is -0.457 e. The lowest BCUT2D eigenvalue weighted by atomic mass is 10.0. The molecule has 2 heteroatoms. The van der Waals surface area contributed by atoms with E-state index in [1.165, 1.54) is 19.3 Å². The number of rotatable bonds is 8. The van der Waals surface area contributed by atoms with E-state index in [2.05, 4.69) is 6.92 Å². The maximum atomic E-state index is 10.3. The van der Waals surface area contributed by atoms with Crippen LogP contribution in [0, 0.1) is 0 Å². The van der Waals surface area contributed by atoms with Crippen LogP contribution in [0.5, 0.6) is 11.5 Å². The van der Waals surface area contributed by atoms with Crippen LogP contribution in [0.1, 0.15) is 50.7 Å². The van der Waals surface area contributed by atoms with E-state index in [1.807, 2.05) is 54.6 Å². The second-order valence-corrected chi connectivity index (χ2v) is 5.35. The Kier molecular flexibility index (Phi) is 6.29. The highest BCUT2D eigenvalue weighted by Crippen LogP contribution is 2.26. The number of unbranched alkanes of at least 4 members (excludes halogenated alkanes) is 3. The van der Waals surface area contributed by atoms with Gasteiger partial charge in [0.05, 0.1) is 6.10 Å². The van der Waals surface area contributed by atoms with Crippen LogP contribution in [0.3, 0.4) is 0 Å². The Morgan fingerprint density at radius 2 is 1.67 bits per heavy atom. The Hall–Kier alpha value is -1.80. The summed E-state index contributed by atoms with van der Waals surface area (Å²) in [7, 11) is 0. The van der Waals surface area contributed by atoms with Crippen LogP contribution < -0.4 is 4.74 Å². The smallest absolute Gasteiger partial charge is 0.127 e. The first kappa shape index (κ1) is 15.6. The zero-order valence-corrected chi connectivity index (χ0v) is 12.7. The lowest BCUT2D eigenvalue weighted by Crippen LogP contribution is -1.98. The molecule has 1 N–H and O–H groups in total. The molecule has 0 saturated heterocycles. The van der Waals surface area contributed by atoms with Crippen molar-refractivity contribution in [1.82, 2.24) is 0 Å². The number of ether oxygens (including phenoxy) is 1. The summed E-state index contributed by atoms with van der Waals surface area (Å²) in [6, 6.07) is 17.4. The van der Waals surface area contributed by atoms with Crippen LogP contribution in [0.2, 0.25) is 0 Å². The van der Waals surface area contributed by atoms with Crippen molar-refractivity contribution in [2.75, 3.05) is 0 Å². The van der Waals surface area contributed by atoms with Gasteiger partial charge in [-0.15, -0.1) is 0 Å². The Labute approximate surface area is 127 Å². The highest BCUT2D eigenvalue weighted by Gasteiger charge is 2.08. The van der Waals surface area contributed by atoms with Crippen molar-refractivity contribution in [1.29, 1.82) is 0 Å². The van der Waals surface area contributed by atoms with E-state index in [-0.39, 0.29) is 0 Å². The van der Waals surface area contributed by atoms with E-state index >= 15 is 0 Å². The van der Waals surface area contributed by atoms with Gasteiger partial charge < -0.3 is 9.84 Å². The average Bonchev–Trinajstić information content (AvgIpc) is 2.53. The summed E-state index contributed by atoms with van der Waals surface area (Å²) in [6.07, 6.45) is 5.13. The molecule has 0 aliphatic rings. The molecule has 0 amide bonds. The van der Waals surface area contributed by atoms with Crippen molar-refractivity contribution in [3.8, 4) is 11.5 Å². The Morgan fingerprint density at radius 3 is 2.43 bits per heavy atom. The molecule has 0 fully saturated rings. The van der Waals surface area contributed by atoms with Crippen molar-refractivity contribution < 1.29 is 9.84 Å². The van der Waals surface area contributed by atoms with Gasteiger partial charge in [-0.1, -0.05) is 62.9 Å². The van der Waals surface area contributed by atoms with Gasteiger partial charge >= 0.3 is 0 Å². The summed E-state index contributed by atoms with van der Waals surface area (Å²) < 4.78 is 5.80. The molecule has 0 aliphatic heterocycles. The minimum absolute atomic E-state index is 0.402. The Balaban J connectivity index is 1.94. The van der Waals surface area contributed by atoms with Gasteiger partial charge in [-0.2, -0.15) is 0 Å². The first-order valence-electron chi connectivity index (χ1n) is 7.80. The van der Waals surface area contributed by atoms with Crippen LogP contribution >= 0.6 is 0 Å². The van der Waals surface area contributed by atoms with E-state index in [9.17, 15) is 5.11 Å². The van der Waals surface area contributed by atoms with Gasteiger partial charge in [0.2, 0.25) is 0 Å². The molecule has 0 aliphatic carbocycles. The molecule has 1 atom stereocenters. The number of para-hydroxylation sites is 1.